The molecule has 2 aromatic carbocycles. The molecule has 4 rings (SSSR count). The SMILES string of the molecule is CC1CCC(NC(=O)[C@]2(C)Cc3ccccc3C(=O)N2CCc2ccc(Cl)cc2)CC1. The van der Waals surface area contributed by atoms with Crippen LogP contribution in [0.3, 0.4) is 0 Å². The van der Waals surface area contributed by atoms with E-state index >= 15 is 0 Å². The maximum atomic E-state index is 13.6. The first-order valence-corrected chi connectivity index (χ1v) is 11.7. The van der Waals surface area contributed by atoms with Gasteiger partial charge < -0.3 is 10.2 Å². The van der Waals surface area contributed by atoms with Gasteiger partial charge in [0.15, 0.2) is 0 Å². The van der Waals surface area contributed by atoms with E-state index in [1.54, 1.807) is 4.90 Å². The third-order valence-corrected chi connectivity index (χ3v) is 7.25. The third-order valence-electron chi connectivity index (χ3n) is 7.00. The van der Waals surface area contributed by atoms with Gasteiger partial charge in [-0.2, -0.15) is 0 Å². The third kappa shape index (κ3) is 4.64. The van der Waals surface area contributed by atoms with Crippen LogP contribution < -0.4 is 5.32 Å². The van der Waals surface area contributed by atoms with Crippen LogP contribution in [0.15, 0.2) is 48.5 Å². The van der Waals surface area contributed by atoms with Crippen LogP contribution in [0.4, 0.5) is 0 Å². The molecule has 4 nitrogen and oxygen atoms in total. The standard InChI is InChI=1S/C26H31ClN2O2/c1-18-7-13-22(14-8-18)28-25(31)26(2)17-20-5-3-4-6-23(20)24(30)29(26)16-15-19-9-11-21(27)12-10-19/h3-6,9-12,18,22H,7-8,13-17H2,1-2H3,(H,28,31)/t18?,22?,26-/m0/s1. The molecule has 1 N–H and O–H groups in total. The predicted octanol–water partition coefficient (Wildman–Crippen LogP) is 5.03. The Morgan fingerprint density at radius 2 is 1.77 bits per heavy atom. The lowest BCUT2D eigenvalue weighted by atomic mass is 9.81. The van der Waals surface area contributed by atoms with Crippen LogP contribution in [0, 0.1) is 5.92 Å². The summed E-state index contributed by atoms with van der Waals surface area (Å²) in [5.74, 6) is 0.625. The molecule has 1 atom stereocenters. The van der Waals surface area contributed by atoms with Crippen molar-refractivity contribution in [3.05, 3.63) is 70.2 Å². The monoisotopic (exact) mass is 438 g/mol. The maximum Gasteiger partial charge on any atom is 0.255 e. The molecule has 2 amide bonds. The Morgan fingerprint density at radius 3 is 2.48 bits per heavy atom. The lowest BCUT2D eigenvalue weighted by Gasteiger charge is -2.45. The van der Waals surface area contributed by atoms with E-state index < -0.39 is 5.54 Å². The number of fused-ring (bicyclic) bond motifs is 1. The Labute approximate surface area is 190 Å². The lowest BCUT2D eigenvalue weighted by Crippen LogP contribution is -2.64. The van der Waals surface area contributed by atoms with Crippen molar-refractivity contribution in [3.63, 3.8) is 0 Å². The summed E-state index contributed by atoms with van der Waals surface area (Å²) in [6.45, 7) is 4.68. The number of nitrogens with one attached hydrogen (secondary N) is 1. The molecule has 1 fully saturated rings. The molecule has 2 aromatic rings. The first-order valence-electron chi connectivity index (χ1n) is 11.3. The van der Waals surface area contributed by atoms with E-state index in [9.17, 15) is 9.59 Å². The first kappa shape index (κ1) is 21.9. The minimum absolute atomic E-state index is 0.0361. The molecular formula is C26H31ClN2O2. The number of halogens is 1. The highest BCUT2D eigenvalue weighted by Crippen LogP contribution is 2.32. The smallest absolute Gasteiger partial charge is 0.255 e. The van der Waals surface area contributed by atoms with E-state index in [0.29, 0.717) is 30.0 Å². The summed E-state index contributed by atoms with van der Waals surface area (Å²) in [5.41, 5.74) is 1.85. The molecule has 31 heavy (non-hydrogen) atoms. The Hall–Kier alpha value is -2.33. The van der Waals surface area contributed by atoms with E-state index in [1.165, 1.54) is 0 Å². The van der Waals surface area contributed by atoms with E-state index in [1.807, 2.05) is 55.5 Å². The Balaban J connectivity index is 1.57. The van der Waals surface area contributed by atoms with Gasteiger partial charge in [-0.25, -0.2) is 0 Å². The highest BCUT2D eigenvalue weighted by Gasteiger charge is 2.47. The fourth-order valence-electron chi connectivity index (χ4n) is 4.91. The van der Waals surface area contributed by atoms with Crippen molar-refractivity contribution in [3.8, 4) is 0 Å². The van der Waals surface area contributed by atoms with E-state index in [4.69, 9.17) is 11.6 Å². The number of rotatable bonds is 5. The van der Waals surface area contributed by atoms with Gasteiger partial charge in [0.25, 0.3) is 5.91 Å². The van der Waals surface area contributed by atoms with Gasteiger partial charge >= 0.3 is 0 Å². The second-order valence-corrected chi connectivity index (χ2v) is 9.81. The summed E-state index contributed by atoms with van der Waals surface area (Å²) in [4.78, 5) is 28.8. The van der Waals surface area contributed by atoms with Gasteiger partial charge in [0.2, 0.25) is 5.91 Å². The van der Waals surface area contributed by atoms with Crippen molar-refractivity contribution < 1.29 is 9.59 Å². The topological polar surface area (TPSA) is 49.4 Å². The van der Waals surface area contributed by atoms with Crippen LogP contribution in [-0.2, 0) is 17.6 Å². The quantitative estimate of drug-likeness (QED) is 0.711. The highest BCUT2D eigenvalue weighted by atomic mass is 35.5. The summed E-state index contributed by atoms with van der Waals surface area (Å²) in [6.07, 6.45) is 5.52. The number of amides is 2. The summed E-state index contributed by atoms with van der Waals surface area (Å²) >= 11 is 6.01. The van der Waals surface area contributed by atoms with Crippen molar-refractivity contribution in [2.75, 3.05) is 6.54 Å². The normalized spacial score (nSPS) is 25.8. The second-order valence-electron chi connectivity index (χ2n) is 9.37. The van der Waals surface area contributed by atoms with Gasteiger partial charge in [-0.05, 0) is 74.3 Å². The molecule has 0 aromatic heterocycles. The van der Waals surface area contributed by atoms with Crippen LogP contribution in [-0.4, -0.2) is 34.8 Å². The summed E-state index contributed by atoms with van der Waals surface area (Å²) in [6, 6.07) is 15.5. The average molecular weight is 439 g/mol. The van der Waals surface area contributed by atoms with Gasteiger partial charge in [-0.3, -0.25) is 9.59 Å². The van der Waals surface area contributed by atoms with Crippen LogP contribution in [0.1, 0.15) is 61.0 Å². The molecule has 0 spiro atoms. The Kier molecular flexibility index (Phi) is 6.38. The van der Waals surface area contributed by atoms with Crippen molar-refractivity contribution in [1.82, 2.24) is 10.2 Å². The van der Waals surface area contributed by atoms with Gasteiger partial charge in [0.1, 0.15) is 5.54 Å². The van der Waals surface area contributed by atoms with Crippen molar-refractivity contribution in [2.45, 2.75) is 64.0 Å². The molecule has 1 aliphatic heterocycles. The van der Waals surface area contributed by atoms with Crippen LogP contribution in [0.25, 0.3) is 0 Å². The van der Waals surface area contributed by atoms with Crippen LogP contribution in [0.2, 0.25) is 5.02 Å². The molecule has 1 heterocycles. The molecule has 0 unspecified atom stereocenters. The Morgan fingerprint density at radius 1 is 1.10 bits per heavy atom. The highest BCUT2D eigenvalue weighted by molar-refractivity contribution is 6.30. The second kappa shape index (κ2) is 9.04. The molecule has 164 valence electrons. The summed E-state index contributed by atoms with van der Waals surface area (Å²) in [7, 11) is 0. The zero-order valence-corrected chi connectivity index (χ0v) is 19.1. The van der Waals surface area contributed by atoms with Gasteiger partial charge in [-0.15, -0.1) is 0 Å². The van der Waals surface area contributed by atoms with Crippen molar-refractivity contribution in [2.24, 2.45) is 5.92 Å². The maximum absolute atomic E-state index is 13.6. The molecule has 2 aliphatic rings. The zero-order valence-electron chi connectivity index (χ0n) is 18.4. The fraction of sp³-hybridized carbons (Fsp3) is 0.462. The molecule has 0 bridgehead atoms. The minimum atomic E-state index is -0.902. The van der Waals surface area contributed by atoms with Crippen molar-refractivity contribution in [1.29, 1.82) is 0 Å². The van der Waals surface area contributed by atoms with Gasteiger partial charge in [0, 0.05) is 29.6 Å². The molecule has 1 saturated carbocycles. The lowest BCUT2D eigenvalue weighted by molar-refractivity contribution is -0.132. The molecule has 0 radical (unpaired) electrons. The number of nitrogens with zero attached hydrogens (tertiary/aromatic N) is 1. The summed E-state index contributed by atoms with van der Waals surface area (Å²) < 4.78 is 0. The molecule has 5 heteroatoms. The van der Waals surface area contributed by atoms with Crippen LogP contribution in [0.5, 0.6) is 0 Å². The molecule has 0 saturated heterocycles. The fourth-order valence-corrected chi connectivity index (χ4v) is 5.03. The van der Waals surface area contributed by atoms with E-state index in [0.717, 1.165) is 42.7 Å². The number of hydrogen-bond donors (Lipinski definition) is 1. The number of carbonyl (C=O) groups excluding carboxylic acids is 2. The van der Waals surface area contributed by atoms with Gasteiger partial charge in [-0.1, -0.05) is 48.9 Å². The zero-order chi connectivity index (χ0) is 22.0. The molecular weight excluding hydrogens is 408 g/mol. The average Bonchev–Trinajstić information content (AvgIpc) is 2.76. The van der Waals surface area contributed by atoms with Crippen LogP contribution >= 0.6 is 11.6 Å². The number of benzene rings is 2. The Bertz CT molecular complexity index is 950. The van der Waals surface area contributed by atoms with Gasteiger partial charge in [0.05, 0.1) is 0 Å². The largest absolute Gasteiger partial charge is 0.351 e. The minimum Gasteiger partial charge on any atom is -0.351 e. The molecule has 1 aliphatic carbocycles. The summed E-state index contributed by atoms with van der Waals surface area (Å²) in [5, 5.41) is 3.98. The number of carbonyl (C=O) groups is 2. The van der Waals surface area contributed by atoms with E-state index in [-0.39, 0.29) is 17.9 Å². The van der Waals surface area contributed by atoms with Crippen molar-refractivity contribution >= 4 is 23.4 Å². The van der Waals surface area contributed by atoms with E-state index in [2.05, 4.69) is 12.2 Å². The predicted molar refractivity (Wildman–Crippen MR) is 124 cm³/mol. The first-order chi connectivity index (χ1) is 14.9. The number of hydrogen-bond acceptors (Lipinski definition) is 2.